The van der Waals surface area contributed by atoms with Crippen LogP contribution in [0.1, 0.15) is 46.2 Å². The molecule has 21 heavy (non-hydrogen) atoms. The number of fused-ring (bicyclic) bond motifs is 1. The normalized spacial score (nSPS) is 11.9. The van der Waals surface area contributed by atoms with Crippen molar-refractivity contribution in [1.29, 1.82) is 0 Å². The third-order valence-corrected chi connectivity index (χ3v) is 3.03. The number of ether oxygens (including phenoxy) is 1. The summed E-state index contributed by atoms with van der Waals surface area (Å²) in [7, 11) is 0. The zero-order chi connectivity index (χ0) is 15.6. The van der Waals surface area contributed by atoms with Crippen molar-refractivity contribution in [1.82, 2.24) is 14.9 Å². The highest BCUT2D eigenvalue weighted by Crippen LogP contribution is 2.18. The van der Waals surface area contributed by atoms with Gasteiger partial charge in [0.1, 0.15) is 5.60 Å². The van der Waals surface area contributed by atoms with Crippen LogP contribution in [-0.4, -0.2) is 21.2 Å². The molecule has 0 fully saturated rings. The summed E-state index contributed by atoms with van der Waals surface area (Å²) in [6.07, 6.45) is 1.44. The van der Waals surface area contributed by atoms with Gasteiger partial charge in [-0.15, -0.1) is 0 Å². The Kier molecular flexibility index (Phi) is 4.21. The number of benzene rings is 1. The first-order chi connectivity index (χ1) is 9.76. The summed E-state index contributed by atoms with van der Waals surface area (Å²) in [6.45, 7) is 10.2. The lowest BCUT2D eigenvalue weighted by Crippen LogP contribution is -2.32. The number of hydrogen-bond donors (Lipinski definition) is 1. The number of imidazole rings is 1. The van der Waals surface area contributed by atoms with Gasteiger partial charge in [-0.2, -0.15) is 0 Å². The van der Waals surface area contributed by atoms with E-state index in [0.29, 0.717) is 12.6 Å². The molecule has 1 aromatic carbocycles. The van der Waals surface area contributed by atoms with Crippen molar-refractivity contribution in [3.05, 3.63) is 30.1 Å². The maximum absolute atomic E-state index is 11.6. The Bertz CT molecular complexity index is 638. The van der Waals surface area contributed by atoms with Gasteiger partial charge in [0.2, 0.25) is 0 Å². The Hall–Kier alpha value is -2.04. The minimum atomic E-state index is -0.482. The van der Waals surface area contributed by atoms with Crippen molar-refractivity contribution in [3.63, 3.8) is 0 Å². The molecule has 0 bridgehead atoms. The fourth-order valence-electron chi connectivity index (χ4n) is 2.09. The van der Waals surface area contributed by atoms with E-state index < -0.39 is 11.7 Å². The topological polar surface area (TPSA) is 56.2 Å². The van der Waals surface area contributed by atoms with Gasteiger partial charge in [0.25, 0.3) is 0 Å². The van der Waals surface area contributed by atoms with Crippen LogP contribution in [0.3, 0.4) is 0 Å². The Morgan fingerprint density at radius 1 is 1.38 bits per heavy atom. The fourth-order valence-corrected chi connectivity index (χ4v) is 2.09. The van der Waals surface area contributed by atoms with Crippen LogP contribution in [0.5, 0.6) is 0 Å². The zero-order valence-electron chi connectivity index (χ0n) is 13.3. The number of alkyl carbamates (subject to hydrolysis) is 1. The molecule has 0 spiro atoms. The quantitative estimate of drug-likeness (QED) is 0.938. The van der Waals surface area contributed by atoms with Gasteiger partial charge in [-0.25, -0.2) is 9.78 Å². The molecule has 0 saturated carbocycles. The number of nitrogens with one attached hydrogen (secondary N) is 1. The zero-order valence-corrected chi connectivity index (χ0v) is 13.3. The lowest BCUT2D eigenvalue weighted by Gasteiger charge is -2.19. The number of amides is 1. The van der Waals surface area contributed by atoms with Gasteiger partial charge in [-0.05, 0) is 52.3 Å². The molecule has 2 rings (SSSR count). The highest BCUT2D eigenvalue weighted by Gasteiger charge is 2.15. The second kappa shape index (κ2) is 5.76. The van der Waals surface area contributed by atoms with Crippen LogP contribution in [0.2, 0.25) is 0 Å². The van der Waals surface area contributed by atoms with Gasteiger partial charge in [0.05, 0.1) is 17.4 Å². The lowest BCUT2D eigenvalue weighted by atomic mass is 10.2. The molecule has 2 aromatic rings. The van der Waals surface area contributed by atoms with Crippen molar-refractivity contribution in [2.24, 2.45) is 0 Å². The molecule has 5 heteroatoms. The van der Waals surface area contributed by atoms with Crippen LogP contribution in [0.25, 0.3) is 11.0 Å². The molecule has 1 amide bonds. The minimum Gasteiger partial charge on any atom is -0.444 e. The largest absolute Gasteiger partial charge is 0.444 e. The van der Waals surface area contributed by atoms with Crippen LogP contribution >= 0.6 is 0 Å². The number of carbonyl (C=O) groups is 1. The molecule has 0 atom stereocenters. The molecule has 0 aliphatic carbocycles. The summed E-state index contributed by atoms with van der Waals surface area (Å²) in [6, 6.07) is 6.40. The van der Waals surface area contributed by atoms with Gasteiger partial charge in [-0.1, -0.05) is 6.07 Å². The molecule has 0 aliphatic heterocycles. The summed E-state index contributed by atoms with van der Waals surface area (Å²) in [5.41, 5.74) is 2.56. The van der Waals surface area contributed by atoms with Gasteiger partial charge >= 0.3 is 6.09 Å². The van der Waals surface area contributed by atoms with Crippen molar-refractivity contribution < 1.29 is 9.53 Å². The van der Waals surface area contributed by atoms with Crippen LogP contribution in [0.4, 0.5) is 4.79 Å². The van der Waals surface area contributed by atoms with E-state index in [2.05, 4.69) is 28.7 Å². The van der Waals surface area contributed by atoms with Gasteiger partial charge in [-0.3, -0.25) is 0 Å². The Labute approximate surface area is 125 Å². The molecule has 1 N–H and O–H groups in total. The molecule has 1 heterocycles. The van der Waals surface area contributed by atoms with Crippen molar-refractivity contribution in [2.45, 2.75) is 52.8 Å². The standard InChI is InChI=1S/C16H23N3O2/c1-11(2)19-10-18-13-8-12(6-7-14(13)19)9-17-15(20)21-16(3,4)5/h6-8,10-11H,9H2,1-5H3,(H,17,20). The van der Waals surface area contributed by atoms with Gasteiger partial charge < -0.3 is 14.6 Å². The summed E-state index contributed by atoms with van der Waals surface area (Å²) in [5, 5.41) is 2.75. The average molecular weight is 289 g/mol. The lowest BCUT2D eigenvalue weighted by molar-refractivity contribution is 0.0523. The smallest absolute Gasteiger partial charge is 0.407 e. The summed E-state index contributed by atoms with van der Waals surface area (Å²) >= 11 is 0. The molecule has 5 nitrogen and oxygen atoms in total. The Balaban J connectivity index is 2.05. The second-order valence-corrected chi connectivity index (χ2v) is 6.42. The van der Waals surface area contributed by atoms with E-state index in [9.17, 15) is 4.79 Å². The van der Waals surface area contributed by atoms with Crippen LogP contribution in [0, 0.1) is 0 Å². The number of aromatic nitrogens is 2. The fraction of sp³-hybridized carbons (Fsp3) is 0.500. The average Bonchev–Trinajstić information content (AvgIpc) is 2.77. The molecular weight excluding hydrogens is 266 g/mol. The first-order valence-electron chi connectivity index (χ1n) is 7.18. The van der Waals surface area contributed by atoms with E-state index in [0.717, 1.165) is 16.6 Å². The highest BCUT2D eigenvalue weighted by atomic mass is 16.6. The van der Waals surface area contributed by atoms with Gasteiger partial charge in [0.15, 0.2) is 0 Å². The third kappa shape index (κ3) is 3.97. The Morgan fingerprint density at radius 2 is 2.10 bits per heavy atom. The van der Waals surface area contributed by atoms with Crippen molar-refractivity contribution in [2.75, 3.05) is 0 Å². The van der Waals surface area contributed by atoms with Crippen LogP contribution in [-0.2, 0) is 11.3 Å². The molecule has 114 valence electrons. The molecule has 0 saturated heterocycles. The summed E-state index contributed by atoms with van der Waals surface area (Å²) in [4.78, 5) is 16.0. The second-order valence-electron chi connectivity index (χ2n) is 6.42. The number of carbonyl (C=O) groups excluding carboxylic acids is 1. The summed E-state index contributed by atoms with van der Waals surface area (Å²) < 4.78 is 7.34. The number of hydrogen-bond acceptors (Lipinski definition) is 3. The maximum atomic E-state index is 11.6. The van der Waals surface area contributed by atoms with E-state index >= 15 is 0 Å². The Morgan fingerprint density at radius 3 is 2.71 bits per heavy atom. The highest BCUT2D eigenvalue weighted by molar-refractivity contribution is 5.76. The predicted octanol–water partition coefficient (Wildman–Crippen LogP) is 3.64. The maximum Gasteiger partial charge on any atom is 0.407 e. The minimum absolute atomic E-state index is 0.376. The monoisotopic (exact) mass is 289 g/mol. The molecule has 0 aliphatic rings. The molecular formula is C16H23N3O2. The SMILES string of the molecule is CC(C)n1cnc2cc(CNC(=O)OC(C)(C)C)ccc21. The third-order valence-electron chi connectivity index (χ3n) is 3.03. The van der Waals surface area contributed by atoms with E-state index in [1.54, 1.807) is 0 Å². The molecule has 1 aromatic heterocycles. The van der Waals surface area contributed by atoms with Crippen LogP contribution < -0.4 is 5.32 Å². The first kappa shape index (κ1) is 15.4. The van der Waals surface area contributed by atoms with E-state index in [1.807, 2.05) is 45.3 Å². The van der Waals surface area contributed by atoms with E-state index in [4.69, 9.17) is 4.74 Å². The predicted molar refractivity (Wildman–Crippen MR) is 83.2 cm³/mol. The molecule has 0 unspecified atom stereocenters. The van der Waals surface area contributed by atoms with Crippen molar-refractivity contribution >= 4 is 17.1 Å². The van der Waals surface area contributed by atoms with E-state index in [-0.39, 0.29) is 0 Å². The summed E-state index contributed by atoms with van der Waals surface area (Å²) in [5.74, 6) is 0. The van der Waals surface area contributed by atoms with Gasteiger partial charge in [0, 0.05) is 12.6 Å². The number of nitrogens with zero attached hydrogens (tertiary/aromatic N) is 2. The van der Waals surface area contributed by atoms with Crippen molar-refractivity contribution in [3.8, 4) is 0 Å². The number of rotatable bonds is 3. The van der Waals surface area contributed by atoms with Crippen LogP contribution in [0.15, 0.2) is 24.5 Å². The molecule has 0 radical (unpaired) electrons. The first-order valence-corrected chi connectivity index (χ1v) is 7.18. The van der Waals surface area contributed by atoms with E-state index in [1.165, 1.54) is 0 Å².